The lowest BCUT2D eigenvalue weighted by Gasteiger charge is -2.35. The van der Waals surface area contributed by atoms with Crippen molar-refractivity contribution in [2.75, 3.05) is 26.8 Å². The maximum Gasteiger partial charge on any atom is 0.328 e. The molecule has 8 heteroatoms. The standard InChI is InChI=1S/C12H22N2O6/c1-8(15)9(10(16)17)13-11(18)14(2)7-12(19)3-5-20-6-4-12/h8-9,15,19H,3-7H2,1-2H3,(H,13,18)(H,16,17)/t8-,9+/m1/s1. The van der Waals surface area contributed by atoms with E-state index in [9.17, 15) is 19.8 Å². The summed E-state index contributed by atoms with van der Waals surface area (Å²) in [6, 6.07) is -2.03. The van der Waals surface area contributed by atoms with Gasteiger partial charge >= 0.3 is 12.0 Å². The maximum absolute atomic E-state index is 11.9. The molecule has 1 aliphatic heterocycles. The van der Waals surface area contributed by atoms with Crippen LogP contribution in [0.1, 0.15) is 19.8 Å². The van der Waals surface area contributed by atoms with Crippen molar-refractivity contribution in [1.82, 2.24) is 10.2 Å². The SMILES string of the molecule is C[C@@H](O)[C@H](NC(=O)N(C)CC1(O)CCOCC1)C(=O)O. The van der Waals surface area contributed by atoms with Crippen LogP contribution >= 0.6 is 0 Å². The molecule has 0 aromatic heterocycles. The number of aliphatic hydroxyl groups excluding tert-OH is 1. The Kier molecular flexibility index (Phi) is 5.73. The minimum Gasteiger partial charge on any atom is -0.480 e. The normalized spacial score (nSPS) is 20.8. The van der Waals surface area contributed by atoms with E-state index >= 15 is 0 Å². The summed E-state index contributed by atoms with van der Waals surface area (Å²) in [4.78, 5) is 24.0. The van der Waals surface area contributed by atoms with Gasteiger partial charge in [0.25, 0.3) is 0 Å². The Morgan fingerprint density at radius 1 is 1.40 bits per heavy atom. The Balaban J connectivity index is 2.55. The molecule has 2 amide bonds. The first-order valence-corrected chi connectivity index (χ1v) is 6.48. The van der Waals surface area contributed by atoms with E-state index in [-0.39, 0.29) is 6.54 Å². The zero-order chi connectivity index (χ0) is 15.3. The molecule has 1 fully saturated rings. The lowest BCUT2D eigenvalue weighted by molar-refractivity contribution is -0.141. The summed E-state index contributed by atoms with van der Waals surface area (Å²) in [6.07, 6.45) is -0.372. The summed E-state index contributed by atoms with van der Waals surface area (Å²) in [7, 11) is 1.46. The highest BCUT2D eigenvalue weighted by Crippen LogP contribution is 2.21. The predicted molar refractivity (Wildman–Crippen MR) is 69.3 cm³/mol. The molecule has 116 valence electrons. The third-order valence-electron chi connectivity index (χ3n) is 3.33. The van der Waals surface area contributed by atoms with Gasteiger partial charge in [-0.05, 0) is 6.92 Å². The Bertz CT molecular complexity index is 354. The van der Waals surface area contributed by atoms with Crippen molar-refractivity contribution in [3.8, 4) is 0 Å². The number of nitrogens with one attached hydrogen (secondary N) is 1. The average molecular weight is 290 g/mol. The van der Waals surface area contributed by atoms with Crippen molar-refractivity contribution in [3.05, 3.63) is 0 Å². The number of aliphatic carboxylic acids is 1. The van der Waals surface area contributed by atoms with Crippen molar-refractivity contribution in [2.24, 2.45) is 0 Å². The molecule has 1 saturated heterocycles. The molecule has 0 unspecified atom stereocenters. The maximum atomic E-state index is 11.9. The molecule has 2 atom stereocenters. The largest absolute Gasteiger partial charge is 0.480 e. The van der Waals surface area contributed by atoms with Gasteiger partial charge < -0.3 is 30.3 Å². The molecule has 20 heavy (non-hydrogen) atoms. The lowest BCUT2D eigenvalue weighted by Crippen LogP contribution is -2.55. The monoisotopic (exact) mass is 290 g/mol. The van der Waals surface area contributed by atoms with Gasteiger partial charge in [-0.25, -0.2) is 9.59 Å². The van der Waals surface area contributed by atoms with Crippen LogP contribution in [0, 0.1) is 0 Å². The molecule has 1 aliphatic rings. The summed E-state index contributed by atoms with van der Waals surface area (Å²) in [5, 5.41) is 30.7. The van der Waals surface area contributed by atoms with Gasteiger partial charge in [-0.15, -0.1) is 0 Å². The molecule has 8 nitrogen and oxygen atoms in total. The predicted octanol–water partition coefficient (Wildman–Crippen LogP) is -0.997. The van der Waals surface area contributed by atoms with E-state index in [0.29, 0.717) is 26.1 Å². The van der Waals surface area contributed by atoms with Crippen LogP contribution in [0.15, 0.2) is 0 Å². The fraction of sp³-hybridized carbons (Fsp3) is 0.833. The van der Waals surface area contributed by atoms with E-state index in [1.165, 1.54) is 18.9 Å². The molecule has 1 heterocycles. The Labute approximate surface area is 117 Å². The van der Waals surface area contributed by atoms with Crippen LogP contribution in [0.5, 0.6) is 0 Å². The van der Waals surface area contributed by atoms with Gasteiger partial charge in [-0.2, -0.15) is 0 Å². The number of carboxylic acid groups (broad SMARTS) is 1. The van der Waals surface area contributed by atoms with Gasteiger partial charge in [0.2, 0.25) is 0 Å². The number of carboxylic acids is 1. The number of aliphatic hydroxyl groups is 2. The van der Waals surface area contributed by atoms with Gasteiger partial charge in [0, 0.05) is 33.1 Å². The van der Waals surface area contributed by atoms with Crippen LogP contribution in [-0.4, -0.2) is 76.8 Å². The van der Waals surface area contributed by atoms with Gasteiger partial charge in [0.05, 0.1) is 18.2 Å². The molecule has 0 radical (unpaired) electrons. The fourth-order valence-electron chi connectivity index (χ4n) is 2.05. The van der Waals surface area contributed by atoms with Crippen molar-refractivity contribution in [1.29, 1.82) is 0 Å². The van der Waals surface area contributed by atoms with E-state index in [4.69, 9.17) is 9.84 Å². The Hall–Kier alpha value is -1.38. The van der Waals surface area contributed by atoms with E-state index in [2.05, 4.69) is 5.32 Å². The molecule has 1 rings (SSSR count). The number of carbonyl (C=O) groups excluding carboxylic acids is 1. The molecule has 0 aromatic rings. The third kappa shape index (κ3) is 4.62. The lowest BCUT2D eigenvalue weighted by atomic mass is 9.94. The third-order valence-corrected chi connectivity index (χ3v) is 3.33. The number of likely N-dealkylation sites (N-methyl/N-ethyl adjacent to an activating group) is 1. The number of carbonyl (C=O) groups is 2. The summed E-state index contributed by atoms with van der Waals surface area (Å²) in [6.45, 7) is 2.22. The smallest absolute Gasteiger partial charge is 0.328 e. The van der Waals surface area contributed by atoms with Crippen molar-refractivity contribution in [2.45, 2.75) is 37.5 Å². The van der Waals surface area contributed by atoms with Crippen molar-refractivity contribution < 1.29 is 29.6 Å². The van der Waals surface area contributed by atoms with Crippen molar-refractivity contribution in [3.63, 3.8) is 0 Å². The highest BCUT2D eigenvalue weighted by molar-refractivity contribution is 5.82. The number of urea groups is 1. The minimum absolute atomic E-state index is 0.0777. The first-order valence-electron chi connectivity index (χ1n) is 6.48. The zero-order valence-electron chi connectivity index (χ0n) is 11.7. The topological polar surface area (TPSA) is 119 Å². The number of nitrogens with zero attached hydrogens (tertiary/aromatic N) is 1. The number of hydrogen-bond donors (Lipinski definition) is 4. The first kappa shape index (κ1) is 16.7. The van der Waals surface area contributed by atoms with Crippen molar-refractivity contribution >= 4 is 12.0 Å². The van der Waals surface area contributed by atoms with E-state index in [0.717, 1.165) is 0 Å². The molecule has 0 bridgehead atoms. The summed E-state index contributed by atoms with van der Waals surface area (Å²) >= 11 is 0. The van der Waals surface area contributed by atoms with Gasteiger partial charge in [-0.1, -0.05) is 0 Å². The first-order chi connectivity index (χ1) is 9.25. The van der Waals surface area contributed by atoms with E-state index < -0.39 is 29.7 Å². The Morgan fingerprint density at radius 2 is 1.95 bits per heavy atom. The van der Waals surface area contributed by atoms with Crippen LogP contribution < -0.4 is 5.32 Å². The van der Waals surface area contributed by atoms with Gasteiger partial charge in [0.15, 0.2) is 6.04 Å². The second-order valence-corrected chi connectivity index (χ2v) is 5.20. The molecule has 4 N–H and O–H groups in total. The summed E-state index contributed by atoms with van der Waals surface area (Å²) in [5.41, 5.74) is -1.02. The average Bonchev–Trinajstić information content (AvgIpc) is 2.34. The second-order valence-electron chi connectivity index (χ2n) is 5.20. The molecular weight excluding hydrogens is 268 g/mol. The summed E-state index contributed by atoms with van der Waals surface area (Å²) < 4.78 is 5.14. The second kappa shape index (κ2) is 6.87. The number of hydrogen-bond acceptors (Lipinski definition) is 5. The molecule has 0 saturated carbocycles. The number of amides is 2. The molecular formula is C12H22N2O6. The van der Waals surface area contributed by atoms with E-state index in [1.54, 1.807) is 0 Å². The summed E-state index contributed by atoms with van der Waals surface area (Å²) in [5.74, 6) is -1.31. The van der Waals surface area contributed by atoms with E-state index in [1.807, 2.05) is 0 Å². The number of rotatable bonds is 5. The molecule has 0 aliphatic carbocycles. The minimum atomic E-state index is -1.38. The highest BCUT2D eigenvalue weighted by Gasteiger charge is 2.33. The van der Waals surface area contributed by atoms with Crippen LogP contribution in [0.25, 0.3) is 0 Å². The van der Waals surface area contributed by atoms with Gasteiger partial charge in [0.1, 0.15) is 0 Å². The quantitative estimate of drug-likeness (QED) is 0.516. The zero-order valence-corrected chi connectivity index (χ0v) is 11.7. The van der Waals surface area contributed by atoms with Gasteiger partial charge in [-0.3, -0.25) is 0 Å². The Morgan fingerprint density at radius 3 is 2.40 bits per heavy atom. The molecule has 0 spiro atoms. The van der Waals surface area contributed by atoms with Crippen LogP contribution in [-0.2, 0) is 9.53 Å². The molecule has 0 aromatic carbocycles. The fourth-order valence-corrected chi connectivity index (χ4v) is 2.05. The van der Waals surface area contributed by atoms with Crippen LogP contribution in [0.3, 0.4) is 0 Å². The van der Waals surface area contributed by atoms with Crippen LogP contribution in [0.4, 0.5) is 4.79 Å². The number of ether oxygens (including phenoxy) is 1. The highest BCUT2D eigenvalue weighted by atomic mass is 16.5. The van der Waals surface area contributed by atoms with Crippen LogP contribution in [0.2, 0.25) is 0 Å².